The zero-order chi connectivity index (χ0) is 111. The summed E-state index contributed by atoms with van der Waals surface area (Å²) in [5.41, 5.74) is 12.5. The predicted molar refractivity (Wildman–Crippen MR) is 635 cm³/mol. The third-order valence-corrected chi connectivity index (χ3v) is 66.5. The number of allylic oxidation sites excluding steroid dienone is 15. The van der Waals surface area contributed by atoms with Gasteiger partial charge in [-0.1, -0.05) is 273 Å². The van der Waals surface area contributed by atoms with E-state index in [1.807, 2.05) is 0 Å². The Morgan fingerprint density at radius 3 is 0.728 bits per heavy atom. The van der Waals surface area contributed by atoms with Crippen molar-refractivity contribution in [1.29, 1.82) is 5.26 Å². The van der Waals surface area contributed by atoms with E-state index in [0.29, 0.717) is 89.9 Å². The van der Waals surface area contributed by atoms with Gasteiger partial charge in [-0.3, -0.25) is 9.59 Å². The van der Waals surface area contributed by atoms with Crippen molar-refractivity contribution in [1.82, 2.24) is 0 Å². The number of nitrogens with zero attached hydrogens (tertiary/aromatic N) is 1. The van der Waals surface area contributed by atoms with Crippen LogP contribution >= 0.6 is 0 Å². The smallest absolute Gasteiger partial charge is 0.192 e. The number of fused-ring (bicyclic) bond motifs is 3. The van der Waals surface area contributed by atoms with Gasteiger partial charge < -0.3 is 55.0 Å². The summed E-state index contributed by atoms with van der Waals surface area (Å²) in [4.78, 5) is 24.1. The van der Waals surface area contributed by atoms with Crippen LogP contribution in [0.25, 0.3) is 0 Å². The van der Waals surface area contributed by atoms with Gasteiger partial charge in [-0.15, -0.1) is 0 Å². The second kappa shape index (κ2) is 52.4. The predicted octanol–water partition coefficient (Wildman–Crippen LogP) is 35.5. The molecule has 0 aromatic heterocycles. The fourth-order valence-corrected chi connectivity index (χ4v) is 31.9. The minimum Gasteiger partial charge on any atom is -0.410 e. The molecule has 9 aliphatic carbocycles. The largest absolute Gasteiger partial charge is 0.410 e. The molecular weight excluding hydrogens is 1920 g/mol. The number of hydrogen-bond donors (Lipinski definition) is 0. The van der Waals surface area contributed by atoms with Gasteiger partial charge in [0.25, 0.3) is 0 Å². The minimum atomic E-state index is -2.11. The maximum Gasteiger partial charge on any atom is 0.192 e. The molecule has 9 aliphatic rings. The van der Waals surface area contributed by atoms with Gasteiger partial charge in [-0.2, -0.15) is 5.26 Å². The van der Waals surface area contributed by atoms with E-state index in [9.17, 15) is 14.9 Å². The van der Waals surface area contributed by atoms with Crippen molar-refractivity contribution in [3.05, 3.63) is 141 Å². The number of carbonyl (C=O) groups excluding carboxylic acids is 2. The zero-order valence-corrected chi connectivity index (χ0v) is 109. The van der Waals surface area contributed by atoms with E-state index in [2.05, 4.69) is 365 Å². The molecular formula is C126H221NO14Si6. The second-order valence-corrected chi connectivity index (χ2v) is 86.7. The lowest BCUT2D eigenvalue weighted by Crippen LogP contribution is -2.50. The Morgan fingerprint density at radius 1 is 0.327 bits per heavy atom. The molecule has 0 radical (unpaired) electrons. The molecule has 9 rings (SSSR count). The number of nitriles is 1. The Balaban J connectivity index is 0.000000299. The van der Waals surface area contributed by atoms with E-state index in [0.717, 1.165) is 87.1 Å². The monoisotopic (exact) mass is 2140 g/mol. The standard InChI is InChI=1S/C42H73NO4Si2.2C42H74O5Si2/c3*1-31(18-16-25-41(8,9)45-30-44-11)35-22-23-36-33(19-17-26-42(35,36)10)21-20-32-28-37(46-48(12,13)39(2,3)4)34(24-27-43)38(29-32)47-49(14,15)40(5,6)7/h16,18,20-21,24,31,35-38H,17,19,22-23,25-26,28-30H2,1-15H3;2*16,18,20-21,24,27,31,35-38H,17,19,22-23,25-26,28-30H2,1-15H3/b3*18-16+,32-20?,33-21+,34-24?/t3*31-,35?,36?,37-,38-,42?/m111/s1. The molecule has 0 aromatic rings. The molecule has 0 heterocycles. The summed E-state index contributed by atoms with van der Waals surface area (Å²) in [5.74, 6) is 5.56. The van der Waals surface area contributed by atoms with Crippen molar-refractivity contribution >= 4 is 62.5 Å². The Kier molecular flexibility index (Phi) is 46.4. The van der Waals surface area contributed by atoms with Crippen molar-refractivity contribution in [3.63, 3.8) is 0 Å². The van der Waals surface area contributed by atoms with Crippen LogP contribution in [-0.4, -0.2) is 158 Å². The fraction of sp³-hybridized carbons (Fsp3) is 0.786. The topological polar surface area (TPSA) is 169 Å². The first kappa shape index (κ1) is 130. The Bertz CT molecular complexity index is 4380. The van der Waals surface area contributed by atoms with Gasteiger partial charge in [-0.25, -0.2) is 0 Å². The summed E-state index contributed by atoms with van der Waals surface area (Å²) in [6.45, 7) is 98.0. The quantitative estimate of drug-likeness (QED) is 0.0143. The number of methoxy groups -OCH3 is 3. The molecule has 9 unspecified atom stereocenters. The van der Waals surface area contributed by atoms with Gasteiger partial charge in [0.15, 0.2) is 49.9 Å². The van der Waals surface area contributed by atoms with Crippen LogP contribution < -0.4 is 0 Å². The molecule has 0 N–H and O–H groups in total. The SMILES string of the molecule is COCOC(C)(C)C/C=C/[C@@H](C)C1CCC2/C(=C/C=C3C[C@@H](O[Si](C)(C)C(C)(C)C)C(=CC#N)[C@H](O[Si](C)(C)C(C)(C)C)C3)CCCC21C.COCOC(C)(C)C/C=C/[C@@H](C)C1CCC2/C(=C/C=C3C[C@@H](O[Si](C)(C)C(C)(C)C)C(=CC=O)[C@H](O[Si](C)(C)C(C)(C)C)C3)CCCC21C.COCOC(C)(C)C/C=C/[C@@H](C)C1CCC2/C(=C/C=C3C[C@@H](O[Si](C)(C)C(C)(C)C)C(=CC=O)[C@H](O[Si](C)(C)C(C)(C)C)C3)CCCC21C. The summed E-state index contributed by atoms with van der Waals surface area (Å²) >= 11 is 0. The Hall–Kier alpha value is -3.47. The van der Waals surface area contributed by atoms with Crippen LogP contribution in [0.4, 0.5) is 0 Å². The first-order valence-electron chi connectivity index (χ1n) is 57.4. The van der Waals surface area contributed by atoms with Crippen LogP contribution in [0.3, 0.4) is 0 Å². The third kappa shape index (κ3) is 34.8. The van der Waals surface area contributed by atoms with E-state index in [4.69, 9.17) is 55.0 Å². The molecule has 0 saturated heterocycles. The van der Waals surface area contributed by atoms with Crippen molar-refractivity contribution < 1.29 is 64.6 Å². The van der Waals surface area contributed by atoms with Crippen molar-refractivity contribution in [2.45, 2.75) is 524 Å². The van der Waals surface area contributed by atoms with Crippen molar-refractivity contribution in [3.8, 4) is 6.07 Å². The lowest BCUT2D eigenvalue weighted by Gasteiger charge is -2.46. The molecule has 9 fully saturated rings. The normalized spacial score (nSPS) is 29.0. The highest BCUT2D eigenvalue weighted by atomic mass is 28.4. The Labute approximate surface area is 908 Å². The average Bonchev–Trinajstić information content (AvgIpc) is 1.60. The average molecular weight is 2140 g/mol. The Morgan fingerprint density at radius 2 is 0.537 bits per heavy atom. The molecule has 21 heteroatoms. The van der Waals surface area contributed by atoms with E-state index in [1.165, 1.54) is 113 Å². The number of ether oxygens (including phenoxy) is 6. The van der Waals surface area contributed by atoms with Crippen molar-refractivity contribution in [2.24, 2.45) is 69.5 Å². The summed E-state index contributed by atoms with van der Waals surface area (Å²) in [6.07, 6.45) is 62.1. The maximum atomic E-state index is 12.1. The van der Waals surface area contributed by atoms with Crippen LogP contribution in [0.15, 0.2) is 141 Å². The fourth-order valence-electron chi connectivity index (χ4n) is 24.2. The number of rotatable bonds is 38. The van der Waals surface area contributed by atoms with Gasteiger partial charge >= 0.3 is 0 Å². The second-order valence-electron chi connectivity index (χ2n) is 58.2. The number of hydrogen-bond acceptors (Lipinski definition) is 15. The summed E-state index contributed by atoms with van der Waals surface area (Å²) in [7, 11) is -7.60. The molecule has 0 spiro atoms. The maximum absolute atomic E-state index is 12.1. The lowest BCUT2D eigenvalue weighted by atomic mass is 9.61. The van der Waals surface area contributed by atoms with Gasteiger partial charge in [0.1, 0.15) is 33.0 Å². The van der Waals surface area contributed by atoms with E-state index in [1.54, 1.807) is 56.3 Å². The van der Waals surface area contributed by atoms with E-state index in [-0.39, 0.29) is 83.7 Å². The molecule has 0 aliphatic heterocycles. The van der Waals surface area contributed by atoms with Gasteiger partial charge in [-0.05, 0) is 403 Å². The number of aldehydes is 2. The molecule has 9 saturated carbocycles. The minimum absolute atomic E-state index is 0.0737. The van der Waals surface area contributed by atoms with Crippen LogP contribution in [0, 0.1) is 80.8 Å². The highest BCUT2D eigenvalue weighted by molar-refractivity contribution is 6.76. The van der Waals surface area contributed by atoms with Gasteiger partial charge in [0, 0.05) is 27.4 Å². The molecule has 838 valence electrons. The highest BCUT2D eigenvalue weighted by Gasteiger charge is 2.56. The van der Waals surface area contributed by atoms with Crippen LogP contribution in [0.5, 0.6) is 0 Å². The molecule has 15 nitrogen and oxygen atoms in total. The third-order valence-electron chi connectivity index (χ3n) is 39.6. The van der Waals surface area contributed by atoms with E-state index < -0.39 is 49.9 Å². The highest BCUT2D eigenvalue weighted by Crippen LogP contribution is 2.64. The molecule has 0 amide bonds. The molecule has 0 aromatic carbocycles. The van der Waals surface area contributed by atoms with Gasteiger partial charge in [0.2, 0.25) is 0 Å². The van der Waals surface area contributed by atoms with Crippen LogP contribution in [0.2, 0.25) is 109 Å². The molecule has 0 bridgehead atoms. The van der Waals surface area contributed by atoms with Crippen LogP contribution in [0.1, 0.15) is 362 Å². The summed E-state index contributed by atoms with van der Waals surface area (Å²) in [6, 6.07) is 2.38. The molecule has 147 heavy (non-hydrogen) atoms. The first-order chi connectivity index (χ1) is 67.4. The van der Waals surface area contributed by atoms with Gasteiger partial charge in [0.05, 0.1) is 59.5 Å². The van der Waals surface area contributed by atoms with Crippen molar-refractivity contribution in [2.75, 3.05) is 41.7 Å². The zero-order valence-electron chi connectivity index (χ0n) is 103. The first-order valence-corrected chi connectivity index (χ1v) is 74.9. The van der Waals surface area contributed by atoms with E-state index >= 15 is 0 Å². The lowest BCUT2D eigenvalue weighted by molar-refractivity contribution is -0.112. The summed E-state index contributed by atoms with van der Waals surface area (Å²) < 4.78 is 75.8. The number of carbonyl (C=O) groups is 2. The van der Waals surface area contributed by atoms with Crippen LogP contribution in [-0.2, 0) is 64.6 Å². The molecule has 18 atom stereocenters. The summed E-state index contributed by atoms with van der Waals surface area (Å²) in [5, 5.41) is 10.4.